The van der Waals surface area contributed by atoms with Crippen molar-refractivity contribution in [2.24, 2.45) is 5.92 Å². The van der Waals surface area contributed by atoms with E-state index in [9.17, 15) is 4.79 Å². The molecule has 0 saturated carbocycles. The van der Waals surface area contributed by atoms with Crippen molar-refractivity contribution in [1.82, 2.24) is 5.32 Å². The first-order valence-corrected chi connectivity index (χ1v) is 4.82. The zero-order chi connectivity index (χ0) is 9.10. The molecule has 2 atom stereocenters. The van der Waals surface area contributed by atoms with E-state index in [1.165, 1.54) is 0 Å². The Bertz CT molecular complexity index is 179. The third-order valence-electron chi connectivity index (χ3n) is 2.65. The van der Waals surface area contributed by atoms with E-state index >= 15 is 0 Å². The van der Waals surface area contributed by atoms with E-state index in [0.717, 1.165) is 26.1 Å². The number of ether oxygens (including phenoxy) is 2. The monoisotopic (exact) mass is 185 g/mol. The lowest BCUT2D eigenvalue weighted by atomic mass is 9.95. The predicted octanol–water partition coefficient (Wildman–Crippen LogP) is -0.0720. The quantitative estimate of drug-likeness (QED) is 0.622. The Labute approximate surface area is 77.6 Å². The summed E-state index contributed by atoms with van der Waals surface area (Å²) >= 11 is 0. The molecule has 0 aromatic rings. The summed E-state index contributed by atoms with van der Waals surface area (Å²) in [6.45, 7) is 2.50. The van der Waals surface area contributed by atoms with E-state index in [1.54, 1.807) is 0 Å². The summed E-state index contributed by atoms with van der Waals surface area (Å²) in [7, 11) is 0. The lowest BCUT2D eigenvalue weighted by Gasteiger charge is -2.32. The molecular weight excluding hydrogens is 170 g/mol. The van der Waals surface area contributed by atoms with Crippen LogP contribution >= 0.6 is 0 Å². The molecule has 2 rings (SSSR count). The molecule has 4 heteroatoms. The Morgan fingerprint density at radius 3 is 3.00 bits per heavy atom. The van der Waals surface area contributed by atoms with Crippen molar-refractivity contribution in [2.45, 2.75) is 18.9 Å². The Balaban J connectivity index is 1.82. The van der Waals surface area contributed by atoms with Gasteiger partial charge in [-0.1, -0.05) is 0 Å². The molecule has 1 amide bonds. The van der Waals surface area contributed by atoms with Crippen LogP contribution in [-0.4, -0.2) is 38.4 Å². The Morgan fingerprint density at radius 1 is 1.46 bits per heavy atom. The summed E-state index contributed by atoms with van der Waals surface area (Å²) < 4.78 is 10.8. The van der Waals surface area contributed by atoms with Crippen LogP contribution in [0.5, 0.6) is 0 Å². The molecule has 2 unspecified atom stereocenters. The van der Waals surface area contributed by atoms with E-state index < -0.39 is 0 Å². The van der Waals surface area contributed by atoms with Crippen molar-refractivity contribution >= 4 is 5.91 Å². The van der Waals surface area contributed by atoms with Crippen LogP contribution in [0.4, 0.5) is 0 Å². The molecule has 0 spiro atoms. The standard InChI is InChI=1S/C9H15NO3/c11-9-6-13-8(4-10-9)7-2-1-3-12-5-7/h7-8H,1-6H2,(H,10,11). The van der Waals surface area contributed by atoms with Gasteiger partial charge in [-0.2, -0.15) is 0 Å². The number of carbonyl (C=O) groups is 1. The number of morpholine rings is 1. The third kappa shape index (κ3) is 2.19. The zero-order valence-corrected chi connectivity index (χ0v) is 7.62. The highest BCUT2D eigenvalue weighted by Crippen LogP contribution is 2.20. The Morgan fingerprint density at radius 2 is 2.38 bits per heavy atom. The molecule has 2 aliphatic rings. The first-order chi connectivity index (χ1) is 6.36. The summed E-state index contributed by atoms with van der Waals surface area (Å²) in [6, 6.07) is 0. The van der Waals surface area contributed by atoms with Gasteiger partial charge < -0.3 is 14.8 Å². The van der Waals surface area contributed by atoms with Gasteiger partial charge in [0.25, 0.3) is 0 Å². The first kappa shape index (κ1) is 8.97. The van der Waals surface area contributed by atoms with Gasteiger partial charge in [0.2, 0.25) is 5.91 Å². The van der Waals surface area contributed by atoms with E-state index in [1.807, 2.05) is 0 Å². The SMILES string of the molecule is O=C1COC(C2CCCOC2)CN1. The molecule has 13 heavy (non-hydrogen) atoms. The third-order valence-corrected chi connectivity index (χ3v) is 2.65. The maximum absolute atomic E-state index is 10.8. The van der Waals surface area contributed by atoms with Crippen LogP contribution in [0.15, 0.2) is 0 Å². The maximum atomic E-state index is 10.8. The lowest BCUT2D eigenvalue weighted by Crippen LogP contribution is -2.47. The lowest BCUT2D eigenvalue weighted by molar-refractivity contribution is -0.138. The van der Waals surface area contributed by atoms with Crippen LogP contribution in [0, 0.1) is 5.92 Å². The molecule has 74 valence electrons. The number of amides is 1. The van der Waals surface area contributed by atoms with Gasteiger partial charge in [0, 0.05) is 19.1 Å². The second-order valence-electron chi connectivity index (χ2n) is 3.63. The molecule has 0 bridgehead atoms. The molecule has 1 N–H and O–H groups in total. The number of hydrogen-bond donors (Lipinski definition) is 1. The van der Waals surface area contributed by atoms with E-state index in [4.69, 9.17) is 9.47 Å². The molecule has 2 fully saturated rings. The summed E-state index contributed by atoms with van der Waals surface area (Å²) in [5, 5.41) is 2.81. The smallest absolute Gasteiger partial charge is 0.246 e. The van der Waals surface area contributed by atoms with Gasteiger partial charge in [-0.05, 0) is 12.8 Å². The van der Waals surface area contributed by atoms with Crippen LogP contribution in [0.2, 0.25) is 0 Å². The summed E-state index contributed by atoms with van der Waals surface area (Å²) in [5.74, 6) is 0.460. The number of hydrogen-bond acceptors (Lipinski definition) is 3. The highest BCUT2D eigenvalue weighted by molar-refractivity contribution is 5.77. The molecule has 2 heterocycles. The fourth-order valence-corrected chi connectivity index (χ4v) is 1.87. The van der Waals surface area contributed by atoms with Gasteiger partial charge in [-0.15, -0.1) is 0 Å². The van der Waals surface area contributed by atoms with E-state index in [2.05, 4.69) is 5.32 Å². The highest BCUT2D eigenvalue weighted by atomic mass is 16.5. The largest absolute Gasteiger partial charge is 0.381 e. The minimum atomic E-state index is -0.00650. The van der Waals surface area contributed by atoms with E-state index in [-0.39, 0.29) is 18.6 Å². The van der Waals surface area contributed by atoms with Gasteiger partial charge in [-0.25, -0.2) is 0 Å². The molecular formula is C9H15NO3. The van der Waals surface area contributed by atoms with E-state index in [0.29, 0.717) is 12.5 Å². The second kappa shape index (κ2) is 4.07. The minimum Gasteiger partial charge on any atom is -0.381 e. The first-order valence-electron chi connectivity index (χ1n) is 4.82. The van der Waals surface area contributed by atoms with Crippen LogP contribution in [0.3, 0.4) is 0 Å². The van der Waals surface area contributed by atoms with Crippen LogP contribution in [0.25, 0.3) is 0 Å². The van der Waals surface area contributed by atoms with Crippen molar-refractivity contribution < 1.29 is 14.3 Å². The van der Waals surface area contributed by atoms with Gasteiger partial charge in [0.1, 0.15) is 6.61 Å². The average Bonchev–Trinajstić information content (AvgIpc) is 2.20. The summed E-state index contributed by atoms with van der Waals surface area (Å²) in [5.41, 5.74) is 0. The van der Waals surface area contributed by atoms with Gasteiger partial charge >= 0.3 is 0 Å². The van der Waals surface area contributed by atoms with Gasteiger partial charge in [0.05, 0.1) is 12.7 Å². The molecule has 0 aliphatic carbocycles. The van der Waals surface area contributed by atoms with Crippen molar-refractivity contribution in [3.63, 3.8) is 0 Å². The number of carbonyl (C=O) groups excluding carboxylic acids is 1. The highest BCUT2D eigenvalue weighted by Gasteiger charge is 2.28. The van der Waals surface area contributed by atoms with Crippen molar-refractivity contribution in [3.8, 4) is 0 Å². The normalized spacial score (nSPS) is 35.5. The number of rotatable bonds is 1. The molecule has 0 radical (unpaired) electrons. The molecule has 0 aromatic carbocycles. The minimum absolute atomic E-state index is 0.00650. The zero-order valence-electron chi connectivity index (χ0n) is 7.62. The summed E-state index contributed by atoms with van der Waals surface area (Å²) in [4.78, 5) is 10.8. The number of nitrogens with one attached hydrogen (secondary N) is 1. The van der Waals surface area contributed by atoms with Gasteiger partial charge in [-0.3, -0.25) is 4.79 Å². The molecule has 0 aromatic heterocycles. The Hall–Kier alpha value is -0.610. The maximum Gasteiger partial charge on any atom is 0.246 e. The molecule has 2 saturated heterocycles. The fourth-order valence-electron chi connectivity index (χ4n) is 1.87. The predicted molar refractivity (Wildman–Crippen MR) is 46.3 cm³/mol. The van der Waals surface area contributed by atoms with Crippen molar-refractivity contribution in [3.05, 3.63) is 0 Å². The van der Waals surface area contributed by atoms with Crippen LogP contribution < -0.4 is 5.32 Å². The van der Waals surface area contributed by atoms with Crippen molar-refractivity contribution in [2.75, 3.05) is 26.4 Å². The van der Waals surface area contributed by atoms with Gasteiger partial charge in [0.15, 0.2) is 0 Å². The fraction of sp³-hybridized carbons (Fsp3) is 0.889. The topological polar surface area (TPSA) is 47.6 Å². The summed E-state index contributed by atoms with van der Waals surface area (Å²) in [6.07, 6.45) is 2.43. The van der Waals surface area contributed by atoms with Crippen LogP contribution in [-0.2, 0) is 14.3 Å². The van der Waals surface area contributed by atoms with Crippen LogP contribution in [0.1, 0.15) is 12.8 Å². The molecule has 4 nitrogen and oxygen atoms in total. The molecule has 2 aliphatic heterocycles. The Kier molecular flexibility index (Phi) is 2.80. The average molecular weight is 185 g/mol. The van der Waals surface area contributed by atoms with Crippen molar-refractivity contribution in [1.29, 1.82) is 0 Å². The second-order valence-corrected chi connectivity index (χ2v) is 3.63.